The second-order valence-corrected chi connectivity index (χ2v) is 8.96. The molecule has 1 saturated heterocycles. The molecule has 1 aliphatic rings. The molecule has 6 heteroatoms. The van der Waals surface area contributed by atoms with Gasteiger partial charge in [-0.05, 0) is 46.8 Å². The first-order valence-corrected chi connectivity index (χ1v) is 9.24. The number of Topliss-reactive ketones (excluding diaryl/α,β-unsaturated/α-hetero) is 1. The van der Waals surface area contributed by atoms with Gasteiger partial charge < -0.3 is 4.74 Å². The number of carbonyl (C=O) groups excluding carboxylic acids is 2. The van der Waals surface area contributed by atoms with E-state index < -0.39 is 22.9 Å². The summed E-state index contributed by atoms with van der Waals surface area (Å²) in [6.07, 6.45) is 0. The topological polar surface area (TPSA) is 56.3 Å². The number of aryl methyl sites for hydroxylation is 1. The van der Waals surface area contributed by atoms with Crippen molar-refractivity contribution in [2.75, 3.05) is 0 Å². The smallest absolute Gasteiger partial charge is 0.323 e. The number of benzene rings is 1. The molecule has 0 amide bonds. The van der Waals surface area contributed by atoms with Crippen LogP contribution in [0.5, 0.6) is 0 Å². The number of rotatable bonds is 2. The molecule has 0 N–H and O–H groups in total. The Hall–Kier alpha value is -1.72. The minimum Gasteiger partial charge on any atom is -0.458 e. The number of halogens is 1. The van der Waals surface area contributed by atoms with Gasteiger partial charge in [0.25, 0.3) is 0 Å². The summed E-state index contributed by atoms with van der Waals surface area (Å²) in [5, 5.41) is 1.40. The number of hydrogen-bond acceptors (Lipinski definition) is 5. The first kappa shape index (κ1) is 18.1. The molecule has 132 valence electrons. The Kier molecular flexibility index (Phi) is 4.28. The maximum atomic E-state index is 13.1. The lowest BCUT2D eigenvalue weighted by atomic mass is 9.67. The number of esters is 1. The van der Waals surface area contributed by atoms with Gasteiger partial charge in [-0.15, -0.1) is 11.3 Å². The summed E-state index contributed by atoms with van der Waals surface area (Å²) in [7, 11) is 0. The number of ether oxygens (including phenoxy) is 1. The Bertz CT molecular complexity index is 852. The van der Waals surface area contributed by atoms with E-state index in [2.05, 4.69) is 4.98 Å². The summed E-state index contributed by atoms with van der Waals surface area (Å²) in [6, 6.07) is 7.33. The van der Waals surface area contributed by atoms with E-state index in [1.165, 1.54) is 11.3 Å². The van der Waals surface area contributed by atoms with Crippen LogP contribution in [0.1, 0.15) is 44.2 Å². The average Bonchev–Trinajstić information content (AvgIpc) is 2.88. The van der Waals surface area contributed by atoms with Gasteiger partial charge in [-0.3, -0.25) is 9.59 Å². The number of aromatic nitrogens is 1. The van der Waals surface area contributed by atoms with Crippen LogP contribution in [0.2, 0.25) is 5.02 Å². The highest BCUT2D eigenvalue weighted by atomic mass is 35.5. The van der Waals surface area contributed by atoms with E-state index in [0.717, 1.165) is 15.4 Å². The Balaban J connectivity index is 2.03. The highest BCUT2D eigenvalue weighted by Crippen LogP contribution is 2.46. The van der Waals surface area contributed by atoms with Gasteiger partial charge in [-0.2, -0.15) is 0 Å². The third-order valence-corrected chi connectivity index (χ3v) is 6.46. The Morgan fingerprint density at radius 1 is 1.12 bits per heavy atom. The van der Waals surface area contributed by atoms with Crippen molar-refractivity contribution in [2.45, 2.75) is 46.1 Å². The number of carbonyl (C=O) groups is 2. The molecular weight excluding hydrogens is 358 g/mol. The van der Waals surface area contributed by atoms with Crippen molar-refractivity contribution in [3.8, 4) is 10.6 Å². The second-order valence-electron chi connectivity index (χ2n) is 7.32. The van der Waals surface area contributed by atoms with Gasteiger partial charge in [0.2, 0.25) is 0 Å². The third kappa shape index (κ3) is 2.89. The van der Waals surface area contributed by atoms with Gasteiger partial charge in [-0.1, -0.05) is 23.7 Å². The highest BCUT2D eigenvalue weighted by molar-refractivity contribution is 7.15. The second kappa shape index (κ2) is 5.92. The summed E-state index contributed by atoms with van der Waals surface area (Å²) in [4.78, 5) is 31.1. The van der Waals surface area contributed by atoms with E-state index in [1.807, 2.05) is 32.9 Å². The van der Waals surface area contributed by atoms with Crippen LogP contribution in [0.25, 0.3) is 10.6 Å². The number of nitrogens with zero attached hydrogens (tertiary/aromatic N) is 1. The fourth-order valence-corrected chi connectivity index (χ4v) is 3.91. The quantitative estimate of drug-likeness (QED) is 0.558. The van der Waals surface area contributed by atoms with Crippen molar-refractivity contribution in [3.63, 3.8) is 0 Å². The lowest BCUT2D eigenvalue weighted by Gasteiger charge is -2.45. The average molecular weight is 378 g/mol. The van der Waals surface area contributed by atoms with Crippen molar-refractivity contribution in [3.05, 3.63) is 39.9 Å². The molecule has 1 fully saturated rings. The molecule has 0 radical (unpaired) electrons. The maximum absolute atomic E-state index is 13.1. The summed E-state index contributed by atoms with van der Waals surface area (Å²) in [6.45, 7) is 9.05. The number of ketones is 1. The van der Waals surface area contributed by atoms with Crippen molar-refractivity contribution in [1.29, 1.82) is 0 Å². The number of hydrogen-bond donors (Lipinski definition) is 0. The molecule has 1 atom stereocenters. The molecular formula is C19H20ClNO3S. The molecule has 0 spiro atoms. The third-order valence-electron chi connectivity index (χ3n) is 5.17. The molecule has 0 aliphatic carbocycles. The molecule has 25 heavy (non-hydrogen) atoms. The molecule has 1 unspecified atom stereocenters. The minimum absolute atomic E-state index is 0.148. The summed E-state index contributed by atoms with van der Waals surface area (Å²) < 4.78 is 5.60. The van der Waals surface area contributed by atoms with Crippen LogP contribution in [0.3, 0.4) is 0 Å². The zero-order valence-electron chi connectivity index (χ0n) is 14.8. The molecule has 0 bridgehead atoms. The molecule has 3 rings (SSSR count). The standard InChI is InChI=1S/C19H20ClNO3S/c1-10-14(21-16(25-10)11-6-8-12(20)9-7-11)13-15(22)18(2,3)19(4,5)24-17(13)23/h6-9,13H,1-5H3. The number of thiazole rings is 1. The molecule has 2 heterocycles. The van der Waals surface area contributed by atoms with Crippen LogP contribution in [-0.2, 0) is 14.3 Å². The van der Waals surface area contributed by atoms with Crippen LogP contribution >= 0.6 is 22.9 Å². The number of cyclic esters (lactones) is 1. The summed E-state index contributed by atoms with van der Waals surface area (Å²) >= 11 is 7.39. The van der Waals surface area contributed by atoms with Gasteiger partial charge in [0.1, 0.15) is 10.6 Å². The van der Waals surface area contributed by atoms with E-state index in [4.69, 9.17) is 16.3 Å². The fraction of sp³-hybridized carbons (Fsp3) is 0.421. The summed E-state index contributed by atoms with van der Waals surface area (Å²) in [5.41, 5.74) is -0.239. The first-order chi connectivity index (χ1) is 11.5. The fourth-order valence-electron chi connectivity index (χ4n) is 2.83. The minimum atomic E-state index is -0.972. The Morgan fingerprint density at radius 2 is 1.72 bits per heavy atom. The lowest BCUT2D eigenvalue weighted by Crippen LogP contribution is -2.56. The normalized spacial score (nSPS) is 21.9. The van der Waals surface area contributed by atoms with Gasteiger partial charge in [-0.25, -0.2) is 4.98 Å². The van der Waals surface area contributed by atoms with E-state index in [-0.39, 0.29) is 5.78 Å². The van der Waals surface area contributed by atoms with E-state index in [9.17, 15) is 9.59 Å². The SMILES string of the molecule is Cc1sc(-c2ccc(Cl)cc2)nc1C1C(=O)OC(C)(C)C(C)(C)C1=O. The van der Waals surface area contributed by atoms with E-state index in [1.54, 1.807) is 26.0 Å². The van der Waals surface area contributed by atoms with Crippen LogP contribution in [0.15, 0.2) is 24.3 Å². The maximum Gasteiger partial charge on any atom is 0.323 e. The Morgan fingerprint density at radius 3 is 2.32 bits per heavy atom. The van der Waals surface area contributed by atoms with Gasteiger partial charge >= 0.3 is 5.97 Å². The zero-order valence-corrected chi connectivity index (χ0v) is 16.4. The van der Waals surface area contributed by atoms with Crippen molar-refractivity contribution >= 4 is 34.7 Å². The van der Waals surface area contributed by atoms with Crippen molar-refractivity contribution in [1.82, 2.24) is 4.98 Å². The largest absolute Gasteiger partial charge is 0.458 e. The van der Waals surface area contributed by atoms with Crippen LogP contribution in [0, 0.1) is 12.3 Å². The van der Waals surface area contributed by atoms with Crippen molar-refractivity contribution in [2.24, 2.45) is 5.41 Å². The monoisotopic (exact) mass is 377 g/mol. The molecule has 4 nitrogen and oxygen atoms in total. The van der Waals surface area contributed by atoms with Crippen LogP contribution in [-0.4, -0.2) is 22.3 Å². The molecule has 1 aliphatic heterocycles. The predicted octanol–water partition coefficient (Wildman–Crippen LogP) is 4.79. The highest BCUT2D eigenvalue weighted by Gasteiger charge is 2.56. The van der Waals surface area contributed by atoms with Gasteiger partial charge in [0.05, 0.1) is 11.1 Å². The first-order valence-electron chi connectivity index (χ1n) is 8.05. The summed E-state index contributed by atoms with van der Waals surface area (Å²) in [5.74, 6) is -1.64. The van der Waals surface area contributed by atoms with Gasteiger partial charge in [0, 0.05) is 15.5 Å². The van der Waals surface area contributed by atoms with E-state index in [0.29, 0.717) is 10.7 Å². The molecule has 2 aromatic rings. The molecule has 1 aromatic carbocycles. The van der Waals surface area contributed by atoms with Crippen LogP contribution in [0.4, 0.5) is 0 Å². The van der Waals surface area contributed by atoms with Crippen LogP contribution < -0.4 is 0 Å². The van der Waals surface area contributed by atoms with E-state index >= 15 is 0 Å². The zero-order chi connectivity index (χ0) is 18.6. The Labute approximate surface area is 156 Å². The molecule has 0 saturated carbocycles. The van der Waals surface area contributed by atoms with Crippen molar-refractivity contribution < 1.29 is 14.3 Å². The predicted molar refractivity (Wildman–Crippen MR) is 99.0 cm³/mol. The van der Waals surface area contributed by atoms with Gasteiger partial charge in [0.15, 0.2) is 11.7 Å². The molecule has 1 aromatic heterocycles. The lowest BCUT2D eigenvalue weighted by molar-refractivity contribution is -0.187.